The number of Topliss-reactive ketones (excluding diaryl/α,β-unsaturated/α-hetero) is 1. The fraction of sp³-hybridized carbons (Fsp3) is 0.667. The number of aryl methyl sites for hydroxylation is 1. The van der Waals surface area contributed by atoms with Crippen LogP contribution in [0.4, 0.5) is 0 Å². The van der Waals surface area contributed by atoms with Gasteiger partial charge in [-0.2, -0.15) is 0 Å². The quantitative estimate of drug-likeness (QED) is 0.328. The first-order valence-corrected chi connectivity index (χ1v) is 12.4. The largest absolute Gasteiger partial charge is 0.457 e. The minimum Gasteiger partial charge on any atom is -0.457 e. The van der Waals surface area contributed by atoms with E-state index in [1.165, 1.54) is 0 Å². The molecule has 1 aromatic rings. The van der Waals surface area contributed by atoms with E-state index in [4.69, 9.17) is 9.15 Å². The molecule has 0 saturated carbocycles. The summed E-state index contributed by atoms with van der Waals surface area (Å²) in [5.41, 5.74) is 1.37. The second kappa shape index (κ2) is 10.8. The van der Waals surface area contributed by atoms with Crippen molar-refractivity contribution in [1.29, 1.82) is 0 Å². The molecule has 0 spiro atoms. The van der Waals surface area contributed by atoms with Crippen LogP contribution < -0.4 is 5.32 Å². The lowest BCUT2D eigenvalue weighted by atomic mass is 9.73. The minimum atomic E-state index is -1.24. The molecular weight excluding hydrogens is 448 g/mol. The molecule has 2 aliphatic heterocycles. The van der Waals surface area contributed by atoms with E-state index in [0.29, 0.717) is 18.0 Å². The van der Waals surface area contributed by atoms with Gasteiger partial charge >= 0.3 is 5.97 Å². The molecule has 194 valence electrons. The number of nitrogens with one attached hydrogen (secondary N) is 1. The Balaban J connectivity index is 1.89. The predicted molar refractivity (Wildman–Crippen MR) is 132 cm³/mol. The number of ether oxygens (including phenoxy) is 1. The van der Waals surface area contributed by atoms with E-state index in [0.717, 1.165) is 17.6 Å². The van der Waals surface area contributed by atoms with Crippen molar-refractivity contribution < 1.29 is 29.0 Å². The number of aliphatic hydroxyl groups excluding tert-OH is 2. The minimum absolute atomic E-state index is 0.121. The third-order valence-electron chi connectivity index (χ3n) is 7.61. The van der Waals surface area contributed by atoms with Crippen molar-refractivity contribution in [3.8, 4) is 0 Å². The Morgan fingerprint density at radius 1 is 1.20 bits per heavy atom. The van der Waals surface area contributed by atoms with Gasteiger partial charge in [0.25, 0.3) is 0 Å². The summed E-state index contributed by atoms with van der Waals surface area (Å²) in [5.74, 6) is -1.11. The number of aliphatic hydroxyl groups is 2. The van der Waals surface area contributed by atoms with Gasteiger partial charge in [-0.15, -0.1) is 0 Å². The zero-order valence-corrected chi connectivity index (χ0v) is 21.9. The fourth-order valence-electron chi connectivity index (χ4n) is 4.93. The number of esters is 1. The molecule has 0 bridgehead atoms. The van der Waals surface area contributed by atoms with Gasteiger partial charge in [-0.1, -0.05) is 39.3 Å². The molecular formula is C27H40N2O6. The third kappa shape index (κ3) is 6.48. The SMILES string of the molecule is C/C1=C/C[C@@H](/C(C)=C/c2coc(C)n2)OC(=O)C[C@H](O)C(C)(C)C(=O)[C@H](C)[C@@H](O)[C@@H](C)C2NC2C1. The number of nitrogens with zero attached hydrogens (tertiary/aromatic N) is 1. The average Bonchev–Trinajstić information content (AvgIpc) is 3.43. The summed E-state index contributed by atoms with van der Waals surface area (Å²) in [6, 6.07) is 0.343. The molecule has 1 fully saturated rings. The summed E-state index contributed by atoms with van der Waals surface area (Å²) in [6.45, 7) is 12.5. The average molecular weight is 489 g/mol. The molecule has 3 rings (SSSR count). The molecule has 2 unspecified atom stereocenters. The summed E-state index contributed by atoms with van der Waals surface area (Å²) in [4.78, 5) is 30.4. The van der Waals surface area contributed by atoms with Gasteiger partial charge in [-0.05, 0) is 37.8 Å². The van der Waals surface area contributed by atoms with Crippen molar-refractivity contribution in [2.75, 3.05) is 0 Å². The number of hydrogen-bond donors (Lipinski definition) is 3. The fourth-order valence-corrected chi connectivity index (χ4v) is 4.93. The topological polar surface area (TPSA) is 132 Å². The molecule has 1 saturated heterocycles. The first-order valence-electron chi connectivity index (χ1n) is 12.4. The van der Waals surface area contributed by atoms with Gasteiger partial charge in [0, 0.05) is 31.3 Å². The Kier molecular flexibility index (Phi) is 8.40. The molecule has 8 heteroatoms. The summed E-state index contributed by atoms with van der Waals surface area (Å²) < 4.78 is 11.1. The Bertz CT molecular complexity index is 994. The van der Waals surface area contributed by atoms with Crippen molar-refractivity contribution >= 4 is 17.8 Å². The summed E-state index contributed by atoms with van der Waals surface area (Å²) in [5, 5.41) is 25.2. The molecule has 2 aliphatic rings. The number of oxazole rings is 1. The highest BCUT2D eigenvalue weighted by Crippen LogP contribution is 2.35. The van der Waals surface area contributed by atoms with Crippen LogP contribution in [0.3, 0.4) is 0 Å². The van der Waals surface area contributed by atoms with Crippen molar-refractivity contribution in [1.82, 2.24) is 10.3 Å². The van der Waals surface area contributed by atoms with Crippen LogP contribution in [0.25, 0.3) is 6.08 Å². The normalized spacial score (nSPS) is 36.7. The number of hydrogen-bond acceptors (Lipinski definition) is 8. The van der Waals surface area contributed by atoms with Crippen LogP contribution in [0.15, 0.2) is 27.9 Å². The Morgan fingerprint density at radius 2 is 1.89 bits per heavy atom. The van der Waals surface area contributed by atoms with Crippen molar-refractivity contribution in [3.63, 3.8) is 0 Å². The Hall–Kier alpha value is -2.29. The molecule has 7 atom stereocenters. The second-order valence-electron chi connectivity index (χ2n) is 10.9. The van der Waals surface area contributed by atoms with Gasteiger partial charge in [-0.3, -0.25) is 9.59 Å². The molecule has 0 radical (unpaired) electrons. The maximum absolute atomic E-state index is 13.3. The number of carbonyl (C=O) groups excluding carboxylic acids is 2. The number of fused-ring (bicyclic) bond motifs is 1. The van der Waals surface area contributed by atoms with Crippen LogP contribution in [0, 0.1) is 24.2 Å². The van der Waals surface area contributed by atoms with Crippen LogP contribution in [0.2, 0.25) is 0 Å². The molecule has 3 N–H and O–H groups in total. The zero-order valence-electron chi connectivity index (χ0n) is 21.9. The number of rotatable bonds is 2. The highest BCUT2D eigenvalue weighted by Gasteiger charge is 2.47. The van der Waals surface area contributed by atoms with Crippen molar-refractivity contribution in [2.45, 2.75) is 98.1 Å². The van der Waals surface area contributed by atoms with Gasteiger partial charge in [-0.25, -0.2) is 4.98 Å². The van der Waals surface area contributed by atoms with Gasteiger partial charge in [0.1, 0.15) is 23.8 Å². The van der Waals surface area contributed by atoms with E-state index < -0.39 is 35.6 Å². The highest BCUT2D eigenvalue weighted by atomic mass is 16.5. The van der Waals surface area contributed by atoms with Gasteiger partial charge in [0.2, 0.25) is 0 Å². The summed E-state index contributed by atoms with van der Waals surface area (Å²) in [6.07, 6.45) is 3.76. The van der Waals surface area contributed by atoms with Gasteiger partial charge < -0.3 is 24.7 Å². The summed E-state index contributed by atoms with van der Waals surface area (Å²) >= 11 is 0. The molecule has 1 aromatic heterocycles. The smallest absolute Gasteiger partial charge is 0.309 e. The van der Waals surface area contributed by atoms with Crippen molar-refractivity contribution in [3.05, 3.63) is 35.1 Å². The number of ketones is 1. The maximum Gasteiger partial charge on any atom is 0.309 e. The molecule has 0 amide bonds. The van der Waals surface area contributed by atoms with Gasteiger partial charge in [0.05, 0.1) is 24.0 Å². The van der Waals surface area contributed by atoms with E-state index >= 15 is 0 Å². The summed E-state index contributed by atoms with van der Waals surface area (Å²) in [7, 11) is 0. The van der Waals surface area contributed by atoms with E-state index in [9.17, 15) is 19.8 Å². The molecule has 8 nitrogen and oxygen atoms in total. The third-order valence-corrected chi connectivity index (χ3v) is 7.61. The number of carbonyl (C=O) groups is 2. The zero-order chi connectivity index (χ0) is 26.1. The lowest BCUT2D eigenvalue weighted by molar-refractivity contribution is -0.154. The standard InChI is InChI=1S/C27H40N2O6/c1-14-8-9-21(15(2)11-19-13-34-18(5)28-19)35-23(31)12-22(30)27(6,7)26(33)17(4)25(32)16(3)24-20(10-14)29-24/h8,11,13,16-17,20-22,24-25,29-30,32H,9-10,12H2,1-7H3/b14-8-,15-11+/t16-,17+,20?,21-,22-,24?,25-/m0/s1. The van der Waals surface area contributed by atoms with Gasteiger partial charge in [0.15, 0.2) is 5.89 Å². The highest BCUT2D eigenvalue weighted by molar-refractivity contribution is 5.88. The van der Waals surface area contributed by atoms with E-state index in [2.05, 4.69) is 16.4 Å². The number of cyclic esters (lactones) is 1. The molecule has 0 aromatic carbocycles. The van der Waals surface area contributed by atoms with Crippen LogP contribution in [0.1, 0.15) is 72.4 Å². The van der Waals surface area contributed by atoms with Crippen LogP contribution in [-0.4, -0.2) is 57.3 Å². The van der Waals surface area contributed by atoms with Crippen molar-refractivity contribution in [2.24, 2.45) is 17.3 Å². The number of aromatic nitrogens is 1. The first kappa shape index (κ1) is 27.3. The predicted octanol–water partition coefficient (Wildman–Crippen LogP) is 3.36. The monoisotopic (exact) mass is 488 g/mol. The lowest BCUT2D eigenvalue weighted by Crippen LogP contribution is -2.46. The van der Waals surface area contributed by atoms with E-state index in [1.54, 1.807) is 34.0 Å². The molecule has 0 aliphatic carbocycles. The second-order valence-corrected chi connectivity index (χ2v) is 10.9. The maximum atomic E-state index is 13.3. The van der Waals surface area contributed by atoms with E-state index in [1.807, 2.05) is 26.8 Å². The van der Waals surface area contributed by atoms with E-state index in [-0.39, 0.29) is 30.2 Å². The van der Waals surface area contributed by atoms with Crippen LogP contribution in [0.5, 0.6) is 0 Å². The molecule has 35 heavy (non-hydrogen) atoms. The molecule has 3 heterocycles. The first-order chi connectivity index (χ1) is 16.3. The lowest BCUT2D eigenvalue weighted by Gasteiger charge is -2.34. The van der Waals surface area contributed by atoms with Crippen LogP contribution in [-0.2, 0) is 14.3 Å². The Morgan fingerprint density at radius 3 is 2.51 bits per heavy atom. The Labute approximate surface area is 207 Å². The van der Waals surface area contributed by atoms with Crippen LogP contribution >= 0.6 is 0 Å².